The Morgan fingerprint density at radius 2 is 0.394 bits per heavy atom. The molecule has 22 aliphatic heterocycles. The highest BCUT2D eigenvalue weighted by molar-refractivity contribution is 5.01. The second kappa shape index (κ2) is 22.1. The molecule has 30 unspecified atom stereocenters. The van der Waals surface area contributed by atoms with Crippen LogP contribution in [-0.2, 0) is 56.8 Å². The van der Waals surface area contributed by atoms with Crippen molar-refractivity contribution in [2.45, 2.75) is 184 Å². The van der Waals surface area contributed by atoms with Crippen LogP contribution in [0.2, 0.25) is 0 Å². The van der Waals surface area contributed by atoms with Crippen LogP contribution in [0.5, 0.6) is 0 Å². The van der Waals surface area contributed by atoms with Gasteiger partial charge in [-0.2, -0.15) is 0 Å². The van der Waals surface area contributed by atoms with Gasteiger partial charge in [0.15, 0.2) is 37.7 Å². The Kier molecular flexibility index (Phi) is 17.6. The van der Waals surface area contributed by atoms with E-state index in [0.717, 1.165) is 0 Å². The Morgan fingerprint density at radius 1 is 0.227 bits per heavy atom. The average molecular weight is 972 g/mol. The molecule has 22 fully saturated rings. The first-order chi connectivity index (χ1) is 31.4. The van der Waals surface area contributed by atoms with Crippen LogP contribution in [0.4, 0.5) is 0 Å². The van der Waals surface area contributed by atoms with E-state index < -0.39 is 224 Å². The fourth-order valence-corrected chi connectivity index (χ4v) is 8.97. The minimum Gasteiger partial charge on any atom is -0.394 e. The maximum absolute atomic E-state index is 11.3. The van der Waals surface area contributed by atoms with Gasteiger partial charge in [0.05, 0.1) is 45.7 Å². The first-order valence-electron chi connectivity index (χ1n) is 21.2. The van der Waals surface area contributed by atoms with Crippen molar-refractivity contribution in [1.29, 1.82) is 0 Å². The molecule has 22 aliphatic rings. The molecule has 22 rings (SSSR count). The lowest BCUT2D eigenvalue weighted by Crippen LogP contribution is -2.69. The Balaban J connectivity index is 1.19. The van der Waals surface area contributed by atoms with Crippen molar-refractivity contribution in [3.63, 3.8) is 0 Å². The standard InChI is InChI=1S/C36H61NO29/c37-13-14(44)25-7(1-38)55-31(13)61-26-8(2-39)56-33(20(50)15(26)45)63-28-10(4-41)58-35(22(52)17(28)47)65-30-12(6-43)60-36(24(54)19(30)49)66-29-11(5-42)59-34(23(53)18(29)48)64-27-9(3-40)57-32(62-25)21(51)16(27)46/h7-36,38-54H,1-6,37H2. The lowest BCUT2D eigenvalue weighted by atomic mass is 9.94. The van der Waals surface area contributed by atoms with Crippen LogP contribution < -0.4 is 5.73 Å². The molecular formula is C36H61NO29. The topological polar surface area (TPSA) is 481 Å². The average Bonchev–Trinajstić information content (AvgIpc) is 3.31. The third-order valence-electron chi connectivity index (χ3n) is 12.8. The van der Waals surface area contributed by atoms with Crippen LogP contribution >= 0.6 is 0 Å². The summed E-state index contributed by atoms with van der Waals surface area (Å²) in [7, 11) is 0. The second-order valence-corrected chi connectivity index (χ2v) is 16.9. The third kappa shape index (κ3) is 10.0. The van der Waals surface area contributed by atoms with Gasteiger partial charge in [-0.15, -0.1) is 0 Å². The molecule has 12 bridgehead atoms. The predicted octanol–water partition coefficient (Wildman–Crippen LogP) is -13.1. The molecule has 30 heteroatoms. The third-order valence-corrected chi connectivity index (χ3v) is 12.8. The van der Waals surface area contributed by atoms with Crippen molar-refractivity contribution in [3.8, 4) is 0 Å². The lowest BCUT2D eigenvalue weighted by Gasteiger charge is -2.50. The molecular weight excluding hydrogens is 910 g/mol. The number of nitrogens with two attached hydrogens (primary N) is 1. The van der Waals surface area contributed by atoms with Crippen LogP contribution in [-0.4, -0.2) is 311 Å². The molecule has 22 heterocycles. The minimum atomic E-state index is -2.14. The van der Waals surface area contributed by atoms with Crippen molar-refractivity contribution in [2.75, 3.05) is 39.6 Å². The van der Waals surface area contributed by atoms with Crippen molar-refractivity contribution >= 4 is 0 Å². The number of aliphatic hydroxyl groups is 17. The first kappa shape index (κ1) is 52.6. The zero-order chi connectivity index (χ0) is 48.0. The molecule has 0 aromatic carbocycles. The molecule has 0 aromatic heterocycles. The van der Waals surface area contributed by atoms with Crippen LogP contribution in [0.3, 0.4) is 0 Å². The number of ether oxygens (including phenoxy) is 12. The van der Waals surface area contributed by atoms with E-state index in [4.69, 9.17) is 62.6 Å². The van der Waals surface area contributed by atoms with Gasteiger partial charge in [0.1, 0.15) is 140 Å². The molecule has 66 heavy (non-hydrogen) atoms. The molecule has 30 nitrogen and oxygen atoms in total. The van der Waals surface area contributed by atoms with Gasteiger partial charge < -0.3 is 149 Å². The van der Waals surface area contributed by atoms with Gasteiger partial charge in [0.2, 0.25) is 0 Å². The summed E-state index contributed by atoms with van der Waals surface area (Å²) >= 11 is 0. The van der Waals surface area contributed by atoms with Crippen molar-refractivity contribution in [3.05, 3.63) is 0 Å². The van der Waals surface area contributed by atoms with E-state index in [2.05, 4.69) is 0 Å². The van der Waals surface area contributed by atoms with Gasteiger partial charge >= 0.3 is 0 Å². The summed E-state index contributed by atoms with van der Waals surface area (Å²) in [4.78, 5) is 0. The largest absolute Gasteiger partial charge is 0.394 e. The zero-order valence-electron chi connectivity index (χ0n) is 34.6. The molecule has 0 amide bonds. The highest BCUT2D eigenvalue weighted by Crippen LogP contribution is 2.37. The SMILES string of the molecule is NC1C2OC(CO)C(OC3OC(CO)C(OC4OC(CO)C(OC5OC(CO)C(OC6OC(CO)C(OC7OC(CO)C(O2)C(O)C7O)C(O)C6O)C(O)C5O)C(O)C4O)C(O)C3O)C1O. The normalized spacial score (nSPS) is 55.4. The van der Waals surface area contributed by atoms with Crippen LogP contribution in [0, 0.1) is 0 Å². The predicted molar refractivity (Wildman–Crippen MR) is 198 cm³/mol. The molecule has 19 N–H and O–H groups in total. The van der Waals surface area contributed by atoms with Gasteiger partial charge in [-0.3, -0.25) is 0 Å². The number of rotatable bonds is 6. The Hall–Kier alpha value is -1.20. The summed E-state index contributed by atoms with van der Waals surface area (Å²) in [5, 5.41) is 185. The molecule has 0 spiro atoms. The summed E-state index contributed by atoms with van der Waals surface area (Å²) in [6, 6.07) is -1.65. The smallest absolute Gasteiger partial charge is 0.187 e. The fourth-order valence-electron chi connectivity index (χ4n) is 8.97. The summed E-state index contributed by atoms with van der Waals surface area (Å²) in [5.74, 6) is 0. The summed E-state index contributed by atoms with van der Waals surface area (Å²) in [5.41, 5.74) is 6.26. The molecule has 0 radical (unpaired) electrons. The molecule has 384 valence electrons. The monoisotopic (exact) mass is 971 g/mol. The molecule has 30 atom stereocenters. The van der Waals surface area contributed by atoms with Crippen molar-refractivity contribution in [2.24, 2.45) is 5.73 Å². The zero-order valence-corrected chi connectivity index (χ0v) is 34.6. The summed E-state index contributed by atoms with van der Waals surface area (Å²) < 4.78 is 68.4. The minimum absolute atomic E-state index is 0.943. The van der Waals surface area contributed by atoms with Crippen LogP contribution in [0.25, 0.3) is 0 Å². The quantitative estimate of drug-likeness (QED) is 0.117. The van der Waals surface area contributed by atoms with E-state index in [-0.39, 0.29) is 0 Å². The van der Waals surface area contributed by atoms with E-state index in [1.807, 2.05) is 0 Å². The first-order valence-corrected chi connectivity index (χ1v) is 21.2. The molecule has 22 saturated heterocycles. The van der Waals surface area contributed by atoms with Crippen LogP contribution in [0.15, 0.2) is 0 Å². The Bertz CT molecular complexity index is 1240. The highest BCUT2D eigenvalue weighted by Gasteiger charge is 2.58. The van der Waals surface area contributed by atoms with Crippen molar-refractivity contribution in [1.82, 2.24) is 0 Å². The van der Waals surface area contributed by atoms with E-state index in [1.165, 1.54) is 0 Å². The molecule has 0 saturated carbocycles. The maximum atomic E-state index is 11.3. The van der Waals surface area contributed by atoms with Gasteiger partial charge in [0.25, 0.3) is 0 Å². The number of aliphatic hydroxyl groups excluding tert-OH is 17. The summed E-state index contributed by atoms with van der Waals surface area (Å²) in [6.45, 7) is -5.84. The highest BCUT2D eigenvalue weighted by atomic mass is 16.8. The van der Waals surface area contributed by atoms with Gasteiger partial charge in [-0.1, -0.05) is 0 Å². The molecule has 0 aromatic rings. The van der Waals surface area contributed by atoms with Gasteiger partial charge in [-0.05, 0) is 0 Å². The van der Waals surface area contributed by atoms with Crippen molar-refractivity contribution < 1.29 is 144 Å². The number of hydrogen-bond acceptors (Lipinski definition) is 30. The van der Waals surface area contributed by atoms with Gasteiger partial charge in [0, 0.05) is 0 Å². The Morgan fingerprint density at radius 3 is 0.591 bits per heavy atom. The van der Waals surface area contributed by atoms with Crippen LogP contribution in [0.1, 0.15) is 0 Å². The fraction of sp³-hybridized carbons (Fsp3) is 1.00. The number of hydrogen-bond donors (Lipinski definition) is 18. The lowest BCUT2D eigenvalue weighted by molar-refractivity contribution is -0.400. The van der Waals surface area contributed by atoms with Gasteiger partial charge in [-0.25, -0.2) is 0 Å². The maximum Gasteiger partial charge on any atom is 0.187 e. The van der Waals surface area contributed by atoms with E-state index >= 15 is 0 Å². The van der Waals surface area contributed by atoms with E-state index in [1.54, 1.807) is 0 Å². The van der Waals surface area contributed by atoms with E-state index in [9.17, 15) is 86.8 Å². The van der Waals surface area contributed by atoms with E-state index in [0.29, 0.717) is 0 Å². The summed E-state index contributed by atoms with van der Waals surface area (Å²) in [6.07, 6.45) is -55.1. The second-order valence-electron chi connectivity index (χ2n) is 16.9. The Labute approximate surface area is 373 Å². The molecule has 0 aliphatic carbocycles.